The molecule has 2 unspecified atom stereocenters. The summed E-state index contributed by atoms with van der Waals surface area (Å²) in [6.45, 7) is 4.17. The molecule has 1 amide bonds. The van der Waals surface area contributed by atoms with Crippen LogP contribution >= 0.6 is 7.82 Å². The van der Waals surface area contributed by atoms with E-state index < -0.39 is 19.6 Å². The maximum absolute atomic E-state index is 12.9. The zero-order valence-electron chi connectivity index (χ0n) is 25.7. The predicted molar refractivity (Wildman–Crippen MR) is 163 cm³/mol. The van der Waals surface area contributed by atoms with Crippen molar-refractivity contribution in [2.75, 3.05) is 33.0 Å². The van der Waals surface area contributed by atoms with E-state index in [1.54, 1.807) is 13.0 Å². The standard InChI is InChI=1S/C31H51N2O7P/c1-6-7-8-9-10-11-12-13-14-15-16-17-18-19-30(34)32-27-21-25-24(2)20-31(35)39-28(25)22-26(27)29(23-33(3,4)5)40-41(36,37)38/h20-22,29H,6-19,23H2,1-5H3,(H2-,32,34,36,37,38). The topological polar surface area (TPSA) is 129 Å². The molecule has 9 nitrogen and oxygen atoms in total. The first-order valence-corrected chi connectivity index (χ1v) is 16.7. The molecule has 0 bridgehead atoms. The molecule has 1 heterocycles. The van der Waals surface area contributed by atoms with Crippen LogP contribution in [0.3, 0.4) is 0 Å². The maximum Gasteiger partial charge on any atom is 0.336 e. The molecule has 1 aromatic carbocycles. The van der Waals surface area contributed by atoms with Gasteiger partial charge in [0.15, 0.2) is 0 Å². The second-order valence-electron chi connectivity index (χ2n) is 12.3. The van der Waals surface area contributed by atoms with Gasteiger partial charge in [-0.05, 0) is 31.0 Å². The summed E-state index contributed by atoms with van der Waals surface area (Å²) in [5, 5.41) is 3.53. The van der Waals surface area contributed by atoms with Crippen LogP contribution in [0.2, 0.25) is 0 Å². The molecule has 0 aliphatic heterocycles. The van der Waals surface area contributed by atoms with Crippen LogP contribution in [-0.4, -0.2) is 43.0 Å². The van der Waals surface area contributed by atoms with Crippen molar-refractivity contribution < 1.29 is 32.6 Å². The van der Waals surface area contributed by atoms with E-state index in [1.165, 1.54) is 76.3 Å². The van der Waals surface area contributed by atoms with E-state index in [0.717, 1.165) is 19.3 Å². The molecule has 2 rings (SSSR count). The summed E-state index contributed by atoms with van der Waals surface area (Å²) >= 11 is 0. The van der Waals surface area contributed by atoms with Crippen LogP contribution in [-0.2, 0) is 13.9 Å². The predicted octanol–water partition coefficient (Wildman–Crippen LogP) is 6.75. The van der Waals surface area contributed by atoms with Crippen LogP contribution < -0.4 is 15.8 Å². The lowest BCUT2D eigenvalue weighted by molar-refractivity contribution is -0.874. The highest BCUT2D eigenvalue weighted by Gasteiger charge is 2.28. The van der Waals surface area contributed by atoms with Gasteiger partial charge in [-0.3, -0.25) is 9.36 Å². The van der Waals surface area contributed by atoms with Crippen molar-refractivity contribution in [3.8, 4) is 0 Å². The SMILES string of the molecule is CCCCCCCCCCCCCCCC(=O)Nc1cc2c(C)cc(=O)oc2cc1C(C[N+](C)(C)C)OP(=O)([O-])O. The summed E-state index contributed by atoms with van der Waals surface area (Å²) in [5.74, 6) is -0.193. The van der Waals surface area contributed by atoms with Gasteiger partial charge in [-0.25, -0.2) is 4.79 Å². The Bertz CT molecular complexity index is 1200. The summed E-state index contributed by atoms with van der Waals surface area (Å²) in [4.78, 5) is 46.2. The zero-order chi connectivity index (χ0) is 30.5. The number of anilines is 1. The van der Waals surface area contributed by atoms with Gasteiger partial charge in [0.2, 0.25) is 5.91 Å². The number of unbranched alkanes of at least 4 members (excludes halogenated alkanes) is 12. The Morgan fingerprint density at radius 3 is 2.02 bits per heavy atom. The number of hydrogen-bond donors (Lipinski definition) is 2. The van der Waals surface area contributed by atoms with Crippen molar-refractivity contribution in [3.63, 3.8) is 0 Å². The first kappa shape index (κ1) is 35.2. The van der Waals surface area contributed by atoms with E-state index in [-0.39, 0.29) is 18.0 Å². The molecule has 2 aromatic rings. The van der Waals surface area contributed by atoms with Gasteiger partial charge in [0.05, 0.1) is 21.1 Å². The molecule has 0 saturated carbocycles. The third-order valence-corrected chi connectivity index (χ3v) is 7.74. The number of nitrogens with zero attached hydrogens (tertiary/aromatic N) is 1. The van der Waals surface area contributed by atoms with E-state index in [0.29, 0.717) is 33.1 Å². The second kappa shape index (κ2) is 17.2. The molecular formula is C31H51N2O7P. The largest absolute Gasteiger partial charge is 0.756 e. The summed E-state index contributed by atoms with van der Waals surface area (Å²) in [6.07, 6.45) is 15.1. The number of rotatable bonds is 20. The van der Waals surface area contributed by atoms with Gasteiger partial charge in [-0.2, -0.15) is 0 Å². The lowest BCUT2D eigenvalue weighted by Crippen LogP contribution is -2.39. The first-order valence-electron chi connectivity index (χ1n) is 15.2. The average molecular weight is 595 g/mol. The molecule has 2 atom stereocenters. The molecule has 41 heavy (non-hydrogen) atoms. The van der Waals surface area contributed by atoms with E-state index in [4.69, 9.17) is 8.94 Å². The van der Waals surface area contributed by atoms with Crippen molar-refractivity contribution in [2.45, 2.75) is 110 Å². The number of aryl methyl sites for hydroxylation is 1. The van der Waals surface area contributed by atoms with Crippen molar-refractivity contribution in [2.24, 2.45) is 0 Å². The van der Waals surface area contributed by atoms with E-state index in [9.17, 15) is 23.9 Å². The van der Waals surface area contributed by atoms with Crippen LogP contribution in [0, 0.1) is 6.92 Å². The summed E-state index contributed by atoms with van der Waals surface area (Å²) in [7, 11) is 0.431. The number of hydrogen-bond acceptors (Lipinski definition) is 6. The van der Waals surface area contributed by atoms with Gasteiger partial charge in [0.1, 0.15) is 18.2 Å². The van der Waals surface area contributed by atoms with E-state index in [2.05, 4.69) is 12.2 Å². The fourth-order valence-electron chi connectivity index (χ4n) is 5.12. The highest BCUT2D eigenvalue weighted by atomic mass is 31.2. The molecule has 1 aromatic heterocycles. The Hall–Kier alpha value is -2.03. The summed E-state index contributed by atoms with van der Waals surface area (Å²) in [5.41, 5.74) is 1.04. The van der Waals surface area contributed by atoms with Gasteiger partial charge in [-0.1, -0.05) is 84.0 Å². The molecule has 0 saturated heterocycles. The third kappa shape index (κ3) is 14.1. The normalized spacial score (nSPS) is 14.2. The molecule has 232 valence electrons. The van der Waals surface area contributed by atoms with Gasteiger partial charge in [0.25, 0.3) is 7.82 Å². The smallest absolute Gasteiger partial charge is 0.336 e. The van der Waals surface area contributed by atoms with Crippen molar-refractivity contribution in [1.82, 2.24) is 0 Å². The van der Waals surface area contributed by atoms with Crippen molar-refractivity contribution in [1.29, 1.82) is 0 Å². The quantitative estimate of drug-likeness (QED) is 0.0751. The van der Waals surface area contributed by atoms with Crippen molar-refractivity contribution >= 4 is 30.4 Å². The third-order valence-electron chi connectivity index (χ3n) is 7.22. The Kier molecular flexibility index (Phi) is 14.7. The Labute approximate surface area is 245 Å². The zero-order valence-corrected chi connectivity index (χ0v) is 26.6. The van der Waals surface area contributed by atoms with Crippen LogP contribution in [0.5, 0.6) is 0 Å². The molecule has 0 aliphatic carbocycles. The Morgan fingerprint density at radius 2 is 1.51 bits per heavy atom. The lowest BCUT2D eigenvalue weighted by atomic mass is 10.0. The van der Waals surface area contributed by atoms with Crippen LogP contribution in [0.1, 0.15) is 114 Å². The van der Waals surface area contributed by atoms with Crippen LogP contribution in [0.15, 0.2) is 27.4 Å². The highest BCUT2D eigenvalue weighted by Crippen LogP contribution is 2.42. The second-order valence-corrected chi connectivity index (χ2v) is 13.4. The number of carbonyl (C=O) groups is 1. The molecule has 2 N–H and O–H groups in total. The van der Waals surface area contributed by atoms with E-state index in [1.807, 2.05) is 21.1 Å². The molecule has 0 aliphatic rings. The molecule has 10 heteroatoms. The van der Waals surface area contributed by atoms with Crippen LogP contribution in [0.4, 0.5) is 5.69 Å². The number of carbonyl (C=O) groups excluding carboxylic acids is 1. The maximum atomic E-state index is 12.9. The summed E-state index contributed by atoms with van der Waals surface area (Å²) in [6, 6.07) is 4.55. The first-order chi connectivity index (χ1) is 19.3. The number of benzene rings is 1. The number of fused-ring (bicyclic) bond motifs is 1. The average Bonchev–Trinajstić information content (AvgIpc) is 2.84. The van der Waals surface area contributed by atoms with Crippen molar-refractivity contribution in [3.05, 3.63) is 39.7 Å². The number of quaternary nitrogens is 1. The molecular weight excluding hydrogens is 543 g/mol. The number of phosphoric ester groups is 1. The van der Waals surface area contributed by atoms with Crippen LogP contribution in [0.25, 0.3) is 11.0 Å². The minimum Gasteiger partial charge on any atom is -0.756 e. The Balaban J connectivity index is 2.00. The highest BCUT2D eigenvalue weighted by molar-refractivity contribution is 7.44. The fourth-order valence-corrected chi connectivity index (χ4v) is 5.62. The van der Waals surface area contributed by atoms with Gasteiger partial charge < -0.3 is 28.5 Å². The molecule has 0 spiro atoms. The number of nitrogens with one attached hydrogen (secondary N) is 1. The van der Waals surface area contributed by atoms with E-state index >= 15 is 0 Å². The molecule has 0 radical (unpaired) electrons. The minimum atomic E-state index is -5.12. The van der Waals surface area contributed by atoms with Gasteiger partial charge >= 0.3 is 5.63 Å². The minimum absolute atomic E-state index is 0.163. The van der Waals surface area contributed by atoms with Gasteiger partial charge in [-0.15, -0.1) is 0 Å². The fraction of sp³-hybridized carbons (Fsp3) is 0.677. The number of phosphoric acid groups is 1. The summed E-state index contributed by atoms with van der Waals surface area (Å²) < 4.78 is 22.5. The Morgan fingerprint density at radius 1 is 0.976 bits per heavy atom. The lowest BCUT2D eigenvalue weighted by Gasteiger charge is -2.32. The monoisotopic (exact) mass is 594 g/mol. The van der Waals surface area contributed by atoms with Gasteiger partial charge in [0, 0.05) is 29.1 Å². The number of likely N-dealkylation sites (N-methyl/N-ethyl adjacent to an activating group) is 1. The molecule has 0 fully saturated rings. The number of amides is 1.